The molecule has 0 saturated carbocycles. The number of hydrogen-bond donors (Lipinski definition) is 1. The van der Waals surface area contributed by atoms with Crippen LogP contribution in [-0.4, -0.2) is 22.8 Å². The van der Waals surface area contributed by atoms with Gasteiger partial charge >= 0.3 is 0 Å². The lowest BCUT2D eigenvalue weighted by molar-refractivity contribution is 0.0417. The zero-order valence-corrected chi connectivity index (χ0v) is 21.2. The van der Waals surface area contributed by atoms with Gasteiger partial charge in [-0.2, -0.15) is 0 Å². The predicted molar refractivity (Wildman–Crippen MR) is 135 cm³/mol. The fourth-order valence-corrected chi connectivity index (χ4v) is 4.92. The maximum Gasteiger partial charge on any atom is 0.271 e. The van der Waals surface area contributed by atoms with Crippen molar-refractivity contribution >= 4 is 17.3 Å². The molecule has 1 aromatic heterocycles. The standard InChI is InChI=1S/C27H38ClFN2O2/c1-5-6-14-31-17-12-24(25(28)26(31)32)30-15-10-20(11-16-30)22-8-7-21(18-23(22)29)27(4,33)13-9-19(2)3/h7-8,12,17-20,33H,5-6,9-11,13-16H2,1-4H3. The summed E-state index contributed by atoms with van der Waals surface area (Å²) >= 11 is 6.44. The van der Waals surface area contributed by atoms with E-state index in [2.05, 4.69) is 25.7 Å². The van der Waals surface area contributed by atoms with Gasteiger partial charge in [0.2, 0.25) is 0 Å². The molecule has 1 saturated heterocycles. The summed E-state index contributed by atoms with van der Waals surface area (Å²) < 4.78 is 16.7. The van der Waals surface area contributed by atoms with Gasteiger partial charge in [-0.25, -0.2) is 4.39 Å². The molecule has 1 fully saturated rings. The second-order valence-corrected chi connectivity index (χ2v) is 10.4. The van der Waals surface area contributed by atoms with E-state index < -0.39 is 5.60 Å². The Morgan fingerprint density at radius 3 is 2.55 bits per heavy atom. The summed E-state index contributed by atoms with van der Waals surface area (Å²) in [5.74, 6) is 0.357. The molecular formula is C27H38ClFN2O2. The van der Waals surface area contributed by atoms with Gasteiger partial charge in [0.05, 0.1) is 11.3 Å². The number of hydrogen-bond acceptors (Lipinski definition) is 3. The summed E-state index contributed by atoms with van der Waals surface area (Å²) in [5.41, 5.74) is 0.943. The number of nitrogens with zero attached hydrogens (tertiary/aromatic N) is 2. The SMILES string of the molecule is CCCCn1ccc(N2CCC(c3ccc(C(C)(O)CCC(C)C)cc3F)CC2)c(Cl)c1=O. The third-order valence-corrected chi connectivity index (χ3v) is 7.30. The van der Waals surface area contributed by atoms with Gasteiger partial charge in [-0.05, 0) is 74.1 Å². The number of aliphatic hydroxyl groups is 1. The van der Waals surface area contributed by atoms with Gasteiger partial charge in [-0.1, -0.05) is 50.9 Å². The molecule has 33 heavy (non-hydrogen) atoms. The highest BCUT2D eigenvalue weighted by Crippen LogP contribution is 2.36. The van der Waals surface area contributed by atoms with E-state index in [4.69, 9.17) is 11.6 Å². The molecule has 0 radical (unpaired) electrons. The van der Waals surface area contributed by atoms with E-state index in [0.717, 1.165) is 50.9 Å². The molecule has 1 aliphatic rings. The number of halogens is 2. The summed E-state index contributed by atoms with van der Waals surface area (Å²) in [7, 11) is 0. The van der Waals surface area contributed by atoms with Gasteiger partial charge in [0.25, 0.3) is 5.56 Å². The number of anilines is 1. The van der Waals surface area contributed by atoms with E-state index in [1.807, 2.05) is 24.4 Å². The van der Waals surface area contributed by atoms with Crippen LogP contribution < -0.4 is 10.5 Å². The topological polar surface area (TPSA) is 45.5 Å². The number of pyridine rings is 1. The molecule has 1 atom stereocenters. The largest absolute Gasteiger partial charge is 0.385 e. The van der Waals surface area contributed by atoms with Crippen molar-refractivity contribution in [3.8, 4) is 0 Å². The molecule has 0 spiro atoms. The van der Waals surface area contributed by atoms with Crippen LogP contribution in [0, 0.1) is 11.7 Å². The Morgan fingerprint density at radius 1 is 1.24 bits per heavy atom. The Hall–Kier alpha value is -1.85. The van der Waals surface area contributed by atoms with Crippen LogP contribution in [-0.2, 0) is 12.1 Å². The molecule has 3 rings (SSSR count). The van der Waals surface area contributed by atoms with Gasteiger partial charge in [-0.3, -0.25) is 4.79 Å². The summed E-state index contributed by atoms with van der Waals surface area (Å²) in [6, 6.07) is 7.15. The van der Waals surface area contributed by atoms with Crippen LogP contribution in [0.5, 0.6) is 0 Å². The molecule has 1 N–H and O–H groups in total. The van der Waals surface area contributed by atoms with E-state index in [0.29, 0.717) is 30.0 Å². The number of piperidine rings is 1. The molecule has 1 aliphatic heterocycles. The van der Waals surface area contributed by atoms with Crippen molar-refractivity contribution in [2.45, 2.75) is 84.3 Å². The average Bonchev–Trinajstić information content (AvgIpc) is 2.79. The van der Waals surface area contributed by atoms with Crippen LogP contribution in [0.1, 0.15) is 83.3 Å². The molecule has 6 heteroatoms. The lowest BCUT2D eigenvalue weighted by Crippen LogP contribution is -2.35. The van der Waals surface area contributed by atoms with Gasteiger partial charge < -0.3 is 14.6 Å². The van der Waals surface area contributed by atoms with Crippen molar-refractivity contribution in [1.29, 1.82) is 0 Å². The molecule has 0 amide bonds. The fraction of sp³-hybridized carbons (Fsp3) is 0.593. The second kappa shape index (κ2) is 11.1. The third kappa shape index (κ3) is 6.19. The van der Waals surface area contributed by atoms with Crippen molar-refractivity contribution in [2.24, 2.45) is 5.92 Å². The third-order valence-electron chi connectivity index (χ3n) is 6.94. The maximum atomic E-state index is 15.1. The summed E-state index contributed by atoms with van der Waals surface area (Å²) in [5, 5.41) is 11.1. The molecule has 2 heterocycles. The zero-order chi connectivity index (χ0) is 24.2. The Labute approximate surface area is 202 Å². The van der Waals surface area contributed by atoms with Crippen molar-refractivity contribution in [3.63, 3.8) is 0 Å². The first kappa shape index (κ1) is 25.8. The Kier molecular flexibility index (Phi) is 8.63. The predicted octanol–water partition coefficient (Wildman–Crippen LogP) is 6.47. The molecule has 0 bridgehead atoms. The number of benzene rings is 1. The van der Waals surface area contributed by atoms with Crippen LogP contribution in [0.25, 0.3) is 0 Å². The van der Waals surface area contributed by atoms with E-state index in [-0.39, 0.29) is 22.3 Å². The number of unbranched alkanes of at least 4 members (excludes halogenated alkanes) is 1. The van der Waals surface area contributed by atoms with Crippen molar-refractivity contribution in [1.82, 2.24) is 4.57 Å². The minimum Gasteiger partial charge on any atom is -0.385 e. The summed E-state index contributed by atoms with van der Waals surface area (Å²) in [4.78, 5) is 14.7. The van der Waals surface area contributed by atoms with E-state index in [9.17, 15) is 9.90 Å². The van der Waals surface area contributed by atoms with Crippen LogP contribution >= 0.6 is 11.6 Å². The van der Waals surface area contributed by atoms with Crippen molar-refractivity contribution in [3.05, 3.63) is 62.8 Å². The summed E-state index contributed by atoms with van der Waals surface area (Å²) in [6.45, 7) is 10.2. The molecule has 182 valence electrons. The highest BCUT2D eigenvalue weighted by atomic mass is 35.5. The Bertz CT molecular complexity index is 994. The van der Waals surface area contributed by atoms with Gasteiger partial charge in [0.1, 0.15) is 10.8 Å². The quantitative estimate of drug-likeness (QED) is 0.451. The van der Waals surface area contributed by atoms with Gasteiger partial charge in [0, 0.05) is 25.8 Å². The first-order chi connectivity index (χ1) is 15.6. The first-order valence-corrected chi connectivity index (χ1v) is 12.7. The number of rotatable bonds is 9. The Balaban J connectivity index is 1.68. The summed E-state index contributed by atoms with van der Waals surface area (Å²) in [6.07, 6.45) is 6.87. The molecule has 4 nitrogen and oxygen atoms in total. The molecule has 1 unspecified atom stereocenters. The first-order valence-electron chi connectivity index (χ1n) is 12.3. The Morgan fingerprint density at radius 2 is 1.94 bits per heavy atom. The molecule has 0 aliphatic carbocycles. The number of aromatic nitrogens is 1. The molecular weight excluding hydrogens is 439 g/mol. The minimum absolute atomic E-state index is 0.111. The van der Waals surface area contributed by atoms with E-state index >= 15 is 4.39 Å². The fourth-order valence-electron chi connectivity index (χ4n) is 4.62. The van der Waals surface area contributed by atoms with Gasteiger partial charge in [-0.15, -0.1) is 0 Å². The average molecular weight is 477 g/mol. The second-order valence-electron chi connectivity index (χ2n) is 10.1. The maximum absolute atomic E-state index is 15.1. The smallest absolute Gasteiger partial charge is 0.271 e. The van der Waals surface area contributed by atoms with Crippen molar-refractivity contribution < 1.29 is 9.50 Å². The van der Waals surface area contributed by atoms with Crippen LogP contribution in [0.4, 0.5) is 10.1 Å². The lowest BCUT2D eigenvalue weighted by Gasteiger charge is -2.34. The van der Waals surface area contributed by atoms with Crippen LogP contribution in [0.3, 0.4) is 0 Å². The molecule has 2 aromatic rings. The minimum atomic E-state index is -1.03. The molecule has 1 aromatic carbocycles. The number of aryl methyl sites for hydroxylation is 1. The van der Waals surface area contributed by atoms with E-state index in [1.54, 1.807) is 11.5 Å². The van der Waals surface area contributed by atoms with E-state index in [1.165, 1.54) is 6.07 Å². The monoisotopic (exact) mass is 476 g/mol. The normalized spacial score (nSPS) is 16.9. The highest BCUT2D eigenvalue weighted by molar-refractivity contribution is 6.33. The van der Waals surface area contributed by atoms with Gasteiger partial charge in [0.15, 0.2) is 0 Å². The highest BCUT2D eigenvalue weighted by Gasteiger charge is 2.28. The van der Waals surface area contributed by atoms with Crippen molar-refractivity contribution in [2.75, 3.05) is 18.0 Å². The van der Waals surface area contributed by atoms with Crippen LogP contribution in [0.2, 0.25) is 5.02 Å². The van der Waals surface area contributed by atoms with Crippen LogP contribution in [0.15, 0.2) is 35.3 Å². The zero-order valence-electron chi connectivity index (χ0n) is 20.4. The lowest BCUT2D eigenvalue weighted by atomic mass is 9.84.